The second-order valence-corrected chi connectivity index (χ2v) is 9.58. The van der Waals surface area contributed by atoms with Crippen LogP contribution in [0.2, 0.25) is 0 Å². The predicted octanol–water partition coefficient (Wildman–Crippen LogP) is 2.98. The van der Waals surface area contributed by atoms with E-state index in [9.17, 15) is 13.2 Å². The van der Waals surface area contributed by atoms with Gasteiger partial charge in [0.25, 0.3) is 0 Å². The Kier molecular flexibility index (Phi) is 6.80. The molecule has 0 saturated carbocycles. The van der Waals surface area contributed by atoms with Gasteiger partial charge in [-0.15, -0.1) is 0 Å². The lowest BCUT2D eigenvalue weighted by atomic mass is 10.1. The van der Waals surface area contributed by atoms with E-state index < -0.39 is 10.0 Å². The molecule has 0 radical (unpaired) electrons. The summed E-state index contributed by atoms with van der Waals surface area (Å²) in [5.74, 6) is 0.455. The predicted molar refractivity (Wildman–Crippen MR) is 115 cm³/mol. The fourth-order valence-electron chi connectivity index (χ4n) is 3.61. The largest absolute Gasteiger partial charge is 0.496 e. The Labute approximate surface area is 178 Å². The highest BCUT2D eigenvalue weighted by molar-refractivity contribution is 7.89. The van der Waals surface area contributed by atoms with Crippen molar-refractivity contribution in [3.8, 4) is 5.75 Å². The van der Waals surface area contributed by atoms with E-state index in [2.05, 4.69) is 5.32 Å². The molecule has 0 aromatic heterocycles. The second-order valence-electron chi connectivity index (χ2n) is 7.64. The number of morpholine rings is 1. The highest BCUT2D eigenvalue weighted by Gasteiger charge is 2.32. The van der Waals surface area contributed by atoms with Crippen molar-refractivity contribution in [1.82, 2.24) is 4.31 Å². The minimum atomic E-state index is -3.61. The van der Waals surface area contributed by atoms with Crippen molar-refractivity contribution in [2.24, 2.45) is 0 Å². The standard InChI is InChI=1S/C22H28N2O5S/c1-15-5-10-21(28-4)18(11-15)12-22(25)23-19-6-8-20(9-7-19)30(26,27)24-13-16(2)29-17(3)14-24/h5-11,16-17H,12-14H2,1-4H3,(H,23,25)/t16-,17+. The summed E-state index contributed by atoms with van der Waals surface area (Å²) >= 11 is 0. The highest BCUT2D eigenvalue weighted by Crippen LogP contribution is 2.23. The summed E-state index contributed by atoms with van der Waals surface area (Å²) in [6.07, 6.45) is -0.143. The van der Waals surface area contributed by atoms with Crippen molar-refractivity contribution in [3.63, 3.8) is 0 Å². The number of methoxy groups -OCH3 is 1. The molecular weight excluding hydrogens is 404 g/mol. The normalized spacial score (nSPS) is 20.0. The summed E-state index contributed by atoms with van der Waals surface area (Å²) < 4.78 is 38.2. The lowest BCUT2D eigenvalue weighted by Crippen LogP contribution is -2.48. The van der Waals surface area contributed by atoms with Gasteiger partial charge < -0.3 is 14.8 Å². The van der Waals surface area contributed by atoms with Crippen LogP contribution < -0.4 is 10.1 Å². The van der Waals surface area contributed by atoms with Crippen molar-refractivity contribution in [2.75, 3.05) is 25.5 Å². The van der Waals surface area contributed by atoms with E-state index in [1.165, 1.54) is 16.4 Å². The molecule has 1 amide bonds. The van der Waals surface area contributed by atoms with Crippen LogP contribution in [0.1, 0.15) is 25.0 Å². The first-order valence-corrected chi connectivity index (χ1v) is 11.3. The highest BCUT2D eigenvalue weighted by atomic mass is 32.2. The summed E-state index contributed by atoms with van der Waals surface area (Å²) in [4.78, 5) is 12.7. The first-order valence-electron chi connectivity index (χ1n) is 9.88. The number of carbonyl (C=O) groups is 1. The number of ether oxygens (including phenoxy) is 2. The first-order chi connectivity index (χ1) is 14.2. The zero-order chi connectivity index (χ0) is 21.9. The van der Waals surface area contributed by atoms with Gasteiger partial charge in [-0.05, 0) is 51.1 Å². The first kappa shape index (κ1) is 22.3. The van der Waals surface area contributed by atoms with Crippen LogP contribution in [-0.2, 0) is 26.0 Å². The van der Waals surface area contributed by atoms with Gasteiger partial charge in [-0.1, -0.05) is 17.7 Å². The van der Waals surface area contributed by atoms with Crippen LogP contribution in [0, 0.1) is 6.92 Å². The summed E-state index contributed by atoms with van der Waals surface area (Å²) in [5.41, 5.74) is 2.37. The molecule has 30 heavy (non-hydrogen) atoms. The number of amides is 1. The number of aryl methyl sites for hydroxylation is 1. The molecule has 2 aromatic rings. The number of carbonyl (C=O) groups excluding carboxylic acids is 1. The molecule has 1 fully saturated rings. The maximum Gasteiger partial charge on any atom is 0.243 e. The van der Waals surface area contributed by atoms with Gasteiger partial charge in [-0.2, -0.15) is 4.31 Å². The van der Waals surface area contributed by atoms with Crippen LogP contribution in [-0.4, -0.2) is 51.0 Å². The molecule has 8 heteroatoms. The smallest absolute Gasteiger partial charge is 0.243 e. The lowest BCUT2D eigenvalue weighted by Gasteiger charge is -2.34. The molecule has 2 atom stereocenters. The maximum atomic E-state index is 12.9. The molecule has 7 nitrogen and oxygen atoms in total. The van der Waals surface area contributed by atoms with Gasteiger partial charge in [0, 0.05) is 24.3 Å². The SMILES string of the molecule is COc1ccc(C)cc1CC(=O)Nc1ccc(S(=O)(=O)N2C[C@@H](C)O[C@@H](C)C2)cc1. The van der Waals surface area contributed by atoms with E-state index in [1.807, 2.05) is 39.0 Å². The number of anilines is 1. The second kappa shape index (κ2) is 9.16. The van der Waals surface area contributed by atoms with Crippen molar-refractivity contribution in [3.05, 3.63) is 53.6 Å². The van der Waals surface area contributed by atoms with E-state index in [4.69, 9.17) is 9.47 Å². The third-order valence-electron chi connectivity index (χ3n) is 4.95. The third kappa shape index (κ3) is 5.19. The average molecular weight is 433 g/mol. The molecule has 1 aliphatic heterocycles. The number of nitrogens with zero attached hydrogens (tertiary/aromatic N) is 1. The Morgan fingerprint density at radius 2 is 1.77 bits per heavy atom. The molecule has 162 valence electrons. The van der Waals surface area contributed by atoms with E-state index >= 15 is 0 Å². The molecular formula is C22H28N2O5S. The summed E-state index contributed by atoms with van der Waals surface area (Å²) in [7, 11) is -2.04. The zero-order valence-electron chi connectivity index (χ0n) is 17.7. The number of sulfonamides is 1. The molecule has 0 spiro atoms. The van der Waals surface area contributed by atoms with Crippen LogP contribution >= 0.6 is 0 Å². The number of benzene rings is 2. The van der Waals surface area contributed by atoms with Gasteiger partial charge in [-0.25, -0.2) is 8.42 Å². The molecule has 1 saturated heterocycles. The molecule has 2 aromatic carbocycles. The molecule has 1 N–H and O–H groups in total. The topological polar surface area (TPSA) is 84.9 Å². The van der Waals surface area contributed by atoms with Gasteiger partial charge in [0.2, 0.25) is 15.9 Å². The number of hydrogen-bond donors (Lipinski definition) is 1. The van der Waals surface area contributed by atoms with Crippen LogP contribution in [0.25, 0.3) is 0 Å². The van der Waals surface area contributed by atoms with Gasteiger partial charge in [0.05, 0.1) is 30.6 Å². The monoisotopic (exact) mass is 432 g/mol. The van der Waals surface area contributed by atoms with E-state index in [1.54, 1.807) is 19.2 Å². The van der Waals surface area contributed by atoms with Gasteiger partial charge in [0.1, 0.15) is 5.75 Å². The number of hydrogen-bond acceptors (Lipinski definition) is 5. The molecule has 0 aliphatic carbocycles. The Morgan fingerprint density at radius 1 is 1.13 bits per heavy atom. The summed E-state index contributed by atoms with van der Waals surface area (Å²) in [6, 6.07) is 11.9. The Balaban J connectivity index is 1.68. The molecule has 0 bridgehead atoms. The maximum absolute atomic E-state index is 12.9. The minimum absolute atomic E-state index is 0.152. The minimum Gasteiger partial charge on any atom is -0.496 e. The van der Waals surface area contributed by atoms with E-state index in [0.717, 1.165) is 11.1 Å². The van der Waals surface area contributed by atoms with E-state index in [-0.39, 0.29) is 29.4 Å². The molecule has 1 heterocycles. The summed E-state index contributed by atoms with van der Waals surface area (Å²) in [6.45, 7) is 6.32. The Bertz CT molecular complexity index is 995. The fraction of sp³-hybridized carbons (Fsp3) is 0.409. The van der Waals surface area contributed by atoms with E-state index in [0.29, 0.717) is 24.5 Å². The van der Waals surface area contributed by atoms with Crippen molar-refractivity contribution in [2.45, 2.75) is 44.3 Å². The van der Waals surface area contributed by atoms with Crippen LogP contribution in [0.4, 0.5) is 5.69 Å². The Hall–Kier alpha value is -2.42. The van der Waals surface area contributed by atoms with Crippen LogP contribution in [0.5, 0.6) is 5.75 Å². The number of nitrogens with one attached hydrogen (secondary N) is 1. The van der Waals surface area contributed by atoms with Gasteiger partial charge in [0.15, 0.2) is 0 Å². The van der Waals surface area contributed by atoms with Gasteiger partial charge >= 0.3 is 0 Å². The summed E-state index contributed by atoms with van der Waals surface area (Å²) in [5, 5.41) is 2.81. The Morgan fingerprint density at radius 3 is 2.37 bits per heavy atom. The fourth-order valence-corrected chi connectivity index (χ4v) is 5.20. The molecule has 3 rings (SSSR count). The van der Waals surface area contributed by atoms with Crippen LogP contribution in [0.3, 0.4) is 0 Å². The van der Waals surface area contributed by atoms with Crippen LogP contribution in [0.15, 0.2) is 47.4 Å². The molecule has 1 aliphatic rings. The van der Waals surface area contributed by atoms with Gasteiger partial charge in [-0.3, -0.25) is 4.79 Å². The van der Waals surface area contributed by atoms with Crippen molar-refractivity contribution < 1.29 is 22.7 Å². The lowest BCUT2D eigenvalue weighted by molar-refractivity contribution is -0.115. The quantitative estimate of drug-likeness (QED) is 0.759. The zero-order valence-corrected chi connectivity index (χ0v) is 18.5. The third-order valence-corrected chi connectivity index (χ3v) is 6.79. The van der Waals surface area contributed by atoms with Crippen molar-refractivity contribution in [1.29, 1.82) is 0 Å². The number of rotatable bonds is 6. The molecule has 0 unspecified atom stereocenters. The average Bonchev–Trinajstić information content (AvgIpc) is 2.68. The van der Waals surface area contributed by atoms with Crippen molar-refractivity contribution >= 4 is 21.6 Å².